The summed E-state index contributed by atoms with van der Waals surface area (Å²) in [6, 6.07) is 1.14. The summed E-state index contributed by atoms with van der Waals surface area (Å²) in [4.78, 5) is 16.4. The van der Waals surface area contributed by atoms with Crippen molar-refractivity contribution >= 4 is 28.1 Å². The molecular weight excluding hydrogens is 456 g/mol. The predicted octanol–water partition coefficient (Wildman–Crippen LogP) is 5.89. The maximum Gasteiger partial charge on any atom is 0.416 e. The summed E-state index contributed by atoms with van der Waals surface area (Å²) in [7, 11) is 0. The third kappa shape index (κ3) is 6.49. The van der Waals surface area contributed by atoms with Gasteiger partial charge in [0.25, 0.3) is 0 Å². The minimum Gasteiger partial charge on any atom is -0.464 e. The Labute approximate surface area is 167 Å². The average Bonchev–Trinajstić information content (AvgIpc) is 2.56. The summed E-state index contributed by atoms with van der Waals surface area (Å²) < 4.78 is 82.9. The fourth-order valence-corrected chi connectivity index (χ4v) is 3.13. The first-order valence-electron chi connectivity index (χ1n) is 8.33. The van der Waals surface area contributed by atoms with E-state index in [1.54, 1.807) is 20.8 Å². The molecule has 1 atom stereocenters. The lowest BCUT2D eigenvalue weighted by Gasteiger charge is -2.27. The summed E-state index contributed by atoms with van der Waals surface area (Å²) in [5.41, 5.74) is -4.78. The molecule has 0 amide bonds. The topological polar surface area (TPSA) is 38.7 Å². The van der Waals surface area contributed by atoms with Crippen LogP contribution in [0.4, 0.5) is 26.3 Å². The number of benzene rings is 1. The molecule has 0 heterocycles. The fourth-order valence-electron chi connectivity index (χ4n) is 2.52. The molecule has 0 aliphatic heterocycles. The lowest BCUT2D eigenvalue weighted by Crippen LogP contribution is -2.41. The van der Waals surface area contributed by atoms with Crippen molar-refractivity contribution in [1.82, 2.24) is 0 Å². The van der Waals surface area contributed by atoms with Crippen molar-refractivity contribution in [2.75, 3.05) is 11.9 Å². The number of rotatable bonds is 7. The van der Waals surface area contributed by atoms with E-state index in [1.165, 1.54) is 0 Å². The predicted molar refractivity (Wildman–Crippen MR) is 96.7 cm³/mol. The molecule has 0 aliphatic rings. The monoisotopic (exact) mass is 475 g/mol. The molecule has 1 rings (SSSR count). The quantitative estimate of drug-likeness (QED) is 0.213. The molecule has 1 aromatic rings. The molecule has 1 unspecified atom stereocenters. The molecule has 0 radical (unpaired) electrons. The summed E-state index contributed by atoms with van der Waals surface area (Å²) in [6.45, 7) is 5.25. The smallest absolute Gasteiger partial charge is 0.416 e. The van der Waals surface area contributed by atoms with E-state index in [0.29, 0.717) is 12.1 Å². The lowest BCUT2D eigenvalue weighted by atomic mass is 9.91. The van der Waals surface area contributed by atoms with Crippen molar-refractivity contribution in [2.24, 2.45) is 10.9 Å². The normalized spacial score (nSPS) is 15.1. The van der Waals surface area contributed by atoms with Crippen LogP contribution in [0.2, 0.25) is 0 Å². The number of alkyl halides is 7. The molecule has 28 heavy (non-hydrogen) atoms. The Bertz CT molecular complexity index is 683. The Morgan fingerprint density at radius 2 is 1.61 bits per heavy atom. The third-order valence-corrected chi connectivity index (χ3v) is 4.62. The number of ether oxygens (including phenoxy) is 1. The second kappa shape index (κ2) is 9.28. The van der Waals surface area contributed by atoms with Crippen LogP contribution in [0.5, 0.6) is 0 Å². The minimum atomic E-state index is -4.96. The highest BCUT2D eigenvalue weighted by Crippen LogP contribution is 2.36. The second-order valence-corrected chi connectivity index (χ2v) is 7.14. The Morgan fingerprint density at radius 1 is 1.11 bits per heavy atom. The summed E-state index contributed by atoms with van der Waals surface area (Å²) in [6.07, 6.45) is -8.88. The first-order chi connectivity index (χ1) is 12.7. The Balaban J connectivity index is 3.48. The second-order valence-electron chi connectivity index (χ2n) is 6.58. The van der Waals surface area contributed by atoms with Crippen LogP contribution in [0.1, 0.15) is 43.9 Å². The van der Waals surface area contributed by atoms with Crippen LogP contribution in [-0.2, 0) is 21.9 Å². The molecule has 158 valence electrons. The van der Waals surface area contributed by atoms with Crippen LogP contribution in [0.25, 0.3) is 0 Å². The van der Waals surface area contributed by atoms with Gasteiger partial charge in [0, 0.05) is 11.5 Å². The van der Waals surface area contributed by atoms with Gasteiger partial charge in [-0.1, -0.05) is 29.8 Å². The Morgan fingerprint density at radius 3 is 1.96 bits per heavy atom. The van der Waals surface area contributed by atoms with Crippen LogP contribution in [0, 0.1) is 5.92 Å². The zero-order valence-electron chi connectivity index (χ0n) is 15.4. The number of halogens is 7. The number of hydrogen-bond acceptors (Lipinski definition) is 3. The van der Waals surface area contributed by atoms with Crippen LogP contribution in [-0.4, -0.2) is 29.7 Å². The van der Waals surface area contributed by atoms with Crippen LogP contribution < -0.4 is 0 Å². The fraction of sp³-hybridized carbons (Fsp3) is 0.556. The van der Waals surface area contributed by atoms with E-state index in [-0.39, 0.29) is 30.3 Å². The maximum absolute atomic E-state index is 13.0. The zero-order chi connectivity index (χ0) is 21.8. The average molecular weight is 476 g/mol. The molecule has 10 heteroatoms. The van der Waals surface area contributed by atoms with E-state index in [2.05, 4.69) is 20.9 Å². The molecule has 3 nitrogen and oxygen atoms in total. The standard InChI is InChI=1S/C18H20BrF6NO2/c1-4-28-15(27)16(10-19,8-11(2)3)26-9-12-5-13(17(20,21)22)7-14(6-12)18(23,24)25/h5-7,9,11H,4,8,10H2,1-3H3/b26-9+. The van der Waals surface area contributed by atoms with Gasteiger partial charge in [-0.25, -0.2) is 4.79 Å². The highest BCUT2D eigenvalue weighted by atomic mass is 79.9. The van der Waals surface area contributed by atoms with Gasteiger partial charge < -0.3 is 4.74 Å². The molecule has 0 bridgehead atoms. The van der Waals surface area contributed by atoms with Gasteiger partial charge in [-0.3, -0.25) is 4.99 Å². The van der Waals surface area contributed by atoms with Crippen LogP contribution in [0.15, 0.2) is 23.2 Å². The van der Waals surface area contributed by atoms with Crippen LogP contribution in [0.3, 0.4) is 0 Å². The van der Waals surface area contributed by atoms with Crippen LogP contribution >= 0.6 is 15.9 Å². The molecule has 0 fully saturated rings. The Kier molecular flexibility index (Phi) is 8.10. The van der Waals surface area contributed by atoms with Crippen molar-refractivity contribution in [3.8, 4) is 0 Å². The van der Waals surface area contributed by atoms with Crippen molar-refractivity contribution in [2.45, 2.75) is 45.1 Å². The molecule has 0 N–H and O–H groups in total. The van der Waals surface area contributed by atoms with E-state index in [1.807, 2.05) is 0 Å². The Hall–Kier alpha value is -1.58. The van der Waals surface area contributed by atoms with E-state index < -0.39 is 40.6 Å². The van der Waals surface area contributed by atoms with Crippen molar-refractivity contribution in [3.05, 3.63) is 34.9 Å². The third-order valence-electron chi connectivity index (χ3n) is 3.69. The molecule has 0 aliphatic carbocycles. The number of nitrogens with zero attached hydrogens (tertiary/aromatic N) is 1. The van der Waals surface area contributed by atoms with E-state index in [9.17, 15) is 31.1 Å². The molecule has 0 saturated heterocycles. The summed E-state index contributed by atoms with van der Waals surface area (Å²) in [5, 5.41) is -0.00139. The van der Waals surface area contributed by atoms with Gasteiger partial charge in [0.1, 0.15) is 0 Å². The van der Waals surface area contributed by atoms with Gasteiger partial charge in [-0.15, -0.1) is 0 Å². The van der Waals surface area contributed by atoms with Gasteiger partial charge in [0.05, 0.1) is 17.7 Å². The highest BCUT2D eigenvalue weighted by Gasteiger charge is 2.40. The molecule has 0 aromatic heterocycles. The highest BCUT2D eigenvalue weighted by molar-refractivity contribution is 9.09. The SMILES string of the molecule is CCOC(=O)C(CBr)(CC(C)C)/N=C/c1cc(C(F)(F)F)cc(C(F)(F)F)c1. The van der Waals surface area contributed by atoms with E-state index in [4.69, 9.17) is 4.74 Å². The first-order valence-corrected chi connectivity index (χ1v) is 9.45. The van der Waals surface area contributed by atoms with Gasteiger partial charge in [0.2, 0.25) is 0 Å². The van der Waals surface area contributed by atoms with Gasteiger partial charge in [0.15, 0.2) is 5.54 Å². The first kappa shape index (κ1) is 24.5. The number of esters is 1. The zero-order valence-corrected chi connectivity index (χ0v) is 17.0. The molecule has 0 saturated carbocycles. The van der Waals surface area contributed by atoms with E-state index in [0.717, 1.165) is 6.21 Å². The summed E-state index contributed by atoms with van der Waals surface area (Å²) >= 11 is 3.16. The van der Waals surface area contributed by atoms with Gasteiger partial charge in [-0.05, 0) is 43.0 Å². The van der Waals surface area contributed by atoms with Crippen molar-refractivity contribution < 1.29 is 35.9 Å². The number of hydrogen-bond donors (Lipinski definition) is 0. The number of carbonyl (C=O) groups excluding carboxylic acids is 1. The lowest BCUT2D eigenvalue weighted by molar-refractivity contribution is -0.149. The maximum atomic E-state index is 13.0. The molecule has 1 aromatic carbocycles. The molecule has 0 spiro atoms. The number of aliphatic imine (C=N–C) groups is 1. The van der Waals surface area contributed by atoms with Gasteiger partial charge in [-0.2, -0.15) is 26.3 Å². The van der Waals surface area contributed by atoms with Crippen molar-refractivity contribution in [3.63, 3.8) is 0 Å². The van der Waals surface area contributed by atoms with Crippen molar-refractivity contribution in [1.29, 1.82) is 0 Å². The minimum absolute atomic E-state index is 0.00139. The number of carbonyl (C=O) groups is 1. The molecular formula is C18H20BrF6NO2. The van der Waals surface area contributed by atoms with Gasteiger partial charge >= 0.3 is 18.3 Å². The summed E-state index contributed by atoms with van der Waals surface area (Å²) in [5.74, 6) is -0.744. The largest absolute Gasteiger partial charge is 0.464 e. The van der Waals surface area contributed by atoms with E-state index >= 15 is 0 Å².